The second kappa shape index (κ2) is 4.36. The summed E-state index contributed by atoms with van der Waals surface area (Å²) in [6.07, 6.45) is 3.57. The van der Waals surface area contributed by atoms with E-state index in [4.69, 9.17) is 10.9 Å². The molecule has 0 bridgehead atoms. The lowest BCUT2D eigenvalue weighted by Gasteiger charge is -2.38. The first-order chi connectivity index (χ1) is 6.43. The van der Waals surface area contributed by atoms with Crippen LogP contribution in [-0.2, 0) is 10.2 Å². The second-order valence-electron chi connectivity index (χ2n) is 3.54. The normalized spacial score (nSPS) is 23.6. The minimum Gasteiger partial charge on any atom is -0.329 e. The van der Waals surface area contributed by atoms with E-state index in [-0.39, 0.29) is 4.75 Å². The summed E-state index contributed by atoms with van der Waals surface area (Å²) in [4.78, 5) is 0. The molecule has 84 valence electrons. The molecule has 4 N–H and O–H groups in total. The highest BCUT2D eigenvalue weighted by Crippen LogP contribution is 2.33. The summed E-state index contributed by atoms with van der Waals surface area (Å²) in [5, 5.41) is 5.04. The van der Waals surface area contributed by atoms with E-state index in [9.17, 15) is 8.42 Å². The van der Waals surface area contributed by atoms with Crippen LogP contribution in [0.15, 0.2) is 0 Å². The number of hydrogen-bond donors (Lipinski definition) is 2. The maximum absolute atomic E-state index is 11.0. The molecule has 0 aromatic rings. The fourth-order valence-electron chi connectivity index (χ4n) is 1.64. The first-order valence-electron chi connectivity index (χ1n) is 4.47. The van der Waals surface area contributed by atoms with Crippen LogP contribution in [0.25, 0.3) is 0 Å². The molecule has 0 atom stereocenters. The highest BCUT2D eigenvalue weighted by atomic mass is 32.2. The number of nitrogens with two attached hydrogens (primary N) is 2. The average molecular weight is 239 g/mol. The minimum absolute atomic E-state index is 0.0428. The van der Waals surface area contributed by atoms with Crippen molar-refractivity contribution < 1.29 is 8.42 Å². The predicted octanol–water partition coefficient (Wildman–Crippen LogP) is -0.654. The highest BCUT2D eigenvalue weighted by molar-refractivity contribution is 8.00. The molecular formula is C7H17N3O2S2. The monoisotopic (exact) mass is 239 g/mol. The number of rotatable bonds is 3. The summed E-state index contributed by atoms with van der Waals surface area (Å²) >= 11 is 1.72. The fourth-order valence-corrected chi connectivity index (χ4v) is 3.09. The summed E-state index contributed by atoms with van der Waals surface area (Å²) in [7, 11) is -3.51. The third-order valence-corrected chi connectivity index (χ3v) is 5.32. The molecule has 0 radical (unpaired) electrons. The van der Waals surface area contributed by atoms with Crippen LogP contribution in [0.5, 0.6) is 0 Å². The summed E-state index contributed by atoms with van der Waals surface area (Å²) < 4.78 is 23.4. The fraction of sp³-hybridized carbons (Fsp3) is 1.00. The van der Waals surface area contributed by atoms with E-state index < -0.39 is 10.2 Å². The van der Waals surface area contributed by atoms with Crippen molar-refractivity contribution in [3.8, 4) is 0 Å². The van der Waals surface area contributed by atoms with E-state index in [1.807, 2.05) is 6.26 Å². The molecule has 1 fully saturated rings. The zero-order valence-electron chi connectivity index (χ0n) is 8.27. The first kappa shape index (κ1) is 12.3. The Bertz CT molecular complexity index is 277. The third kappa shape index (κ3) is 2.60. The molecule has 0 amide bonds. The Morgan fingerprint density at radius 3 is 2.21 bits per heavy atom. The van der Waals surface area contributed by atoms with Crippen LogP contribution >= 0.6 is 11.8 Å². The van der Waals surface area contributed by atoms with Gasteiger partial charge in [-0.2, -0.15) is 24.5 Å². The van der Waals surface area contributed by atoms with Crippen LogP contribution in [0, 0.1) is 0 Å². The van der Waals surface area contributed by atoms with E-state index in [0.29, 0.717) is 19.6 Å². The molecule has 1 saturated heterocycles. The highest BCUT2D eigenvalue weighted by Gasteiger charge is 2.35. The first-order valence-corrected chi connectivity index (χ1v) is 7.19. The molecule has 1 heterocycles. The van der Waals surface area contributed by atoms with Gasteiger partial charge in [-0.25, -0.2) is 5.14 Å². The molecule has 14 heavy (non-hydrogen) atoms. The lowest BCUT2D eigenvalue weighted by Crippen LogP contribution is -2.50. The van der Waals surface area contributed by atoms with E-state index >= 15 is 0 Å². The number of nitrogens with zero attached hydrogens (tertiary/aromatic N) is 1. The lowest BCUT2D eigenvalue weighted by molar-refractivity contribution is 0.302. The van der Waals surface area contributed by atoms with E-state index in [2.05, 4.69) is 0 Å². The molecular weight excluding hydrogens is 222 g/mol. The molecule has 0 saturated carbocycles. The van der Waals surface area contributed by atoms with Gasteiger partial charge in [0.15, 0.2) is 0 Å². The van der Waals surface area contributed by atoms with Crippen molar-refractivity contribution in [1.82, 2.24) is 4.31 Å². The quantitative estimate of drug-likeness (QED) is 0.684. The van der Waals surface area contributed by atoms with Crippen LogP contribution in [0.1, 0.15) is 12.8 Å². The molecule has 5 nitrogen and oxygen atoms in total. The largest absolute Gasteiger partial charge is 0.329 e. The van der Waals surface area contributed by atoms with E-state index in [1.165, 1.54) is 4.31 Å². The Morgan fingerprint density at radius 2 is 1.93 bits per heavy atom. The van der Waals surface area contributed by atoms with Gasteiger partial charge in [0.25, 0.3) is 10.2 Å². The van der Waals surface area contributed by atoms with Gasteiger partial charge in [-0.15, -0.1) is 0 Å². The molecule has 7 heteroatoms. The Hall–Kier alpha value is 0.180. The SMILES string of the molecule is CSC1(CN)CCN(S(N)(=O)=O)CC1. The maximum atomic E-state index is 11.0. The van der Waals surface area contributed by atoms with Crippen molar-refractivity contribution in [3.63, 3.8) is 0 Å². The molecule has 0 aliphatic carbocycles. The molecule has 1 rings (SSSR count). The van der Waals surface area contributed by atoms with Crippen molar-refractivity contribution in [2.24, 2.45) is 10.9 Å². The molecule has 0 spiro atoms. The van der Waals surface area contributed by atoms with Crippen LogP contribution in [0.4, 0.5) is 0 Å². The Labute approximate surface area is 89.4 Å². The van der Waals surface area contributed by atoms with Gasteiger partial charge in [0.1, 0.15) is 0 Å². The summed E-state index contributed by atoms with van der Waals surface area (Å²) in [5.74, 6) is 0. The molecule has 1 aliphatic rings. The summed E-state index contributed by atoms with van der Waals surface area (Å²) in [5.41, 5.74) is 5.68. The summed E-state index contributed by atoms with van der Waals surface area (Å²) in [6, 6.07) is 0. The van der Waals surface area contributed by atoms with Crippen molar-refractivity contribution in [3.05, 3.63) is 0 Å². The van der Waals surface area contributed by atoms with E-state index in [0.717, 1.165) is 12.8 Å². The van der Waals surface area contributed by atoms with Gasteiger partial charge in [-0.05, 0) is 19.1 Å². The Morgan fingerprint density at radius 1 is 1.43 bits per heavy atom. The van der Waals surface area contributed by atoms with Gasteiger partial charge >= 0.3 is 0 Å². The van der Waals surface area contributed by atoms with Crippen LogP contribution in [0.2, 0.25) is 0 Å². The Balaban J connectivity index is 2.62. The lowest BCUT2D eigenvalue weighted by atomic mass is 9.97. The van der Waals surface area contributed by atoms with E-state index in [1.54, 1.807) is 11.8 Å². The maximum Gasteiger partial charge on any atom is 0.276 e. The van der Waals surface area contributed by atoms with Gasteiger partial charge in [0.2, 0.25) is 0 Å². The second-order valence-corrected chi connectivity index (χ2v) is 6.36. The van der Waals surface area contributed by atoms with Crippen LogP contribution < -0.4 is 10.9 Å². The number of thioether (sulfide) groups is 1. The molecule has 1 aliphatic heterocycles. The zero-order chi connectivity index (χ0) is 10.8. The van der Waals surface area contributed by atoms with Crippen LogP contribution in [0.3, 0.4) is 0 Å². The van der Waals surface area contributed by atoms with Crippen molar-refractivity contribution >= 4 is 22.0 Å². The number of piperidine rings is 1. The molecule has 0 aromatic carbocycles. The van der Waals surface area contributed by atoms with Crippen molar-refractivity contribution in [2.75, 3.05) is 25.9 Å². The molecule has 0 aromatic heterocycles. The topological polar surface area (TPSA) is 89.4 Å². The summed E-state index contributed by atoms with van der Waals surface area (Å²) in [6.45, 7) is 1.56. The standard InChI is InChI=1S/C7H17N3O2S2/c1-13-7(6-8)2-4-10(5-3-7)14(9,11)12/h2-6,8H2,1H3,(H2,9,11,12). The van der Waals surface area contributed by atoms with Gasteiger partial charge in [-0.1, -0.05) is 0 Å². The van der Waals surface area contributed by atoms with Gasteiger partial charge in [-0.3, -0.25) is 0 Å². The number of hydrogen-bond acceptors (Lipinski definition) is 4. The van der Waals surface area contributed by atoms with Crippen molar-refractivity contribution in [2.45, 2.75) is 17.6 Å². The Kier molecular flexibility index (Phi) is 3.81. The van der Waals surface area contributed by atoms with Gasteiger partial charge in [0, 0.05) is 24.4 Å². The van der Waals surface area contributed by atoms with Crippen LogP contribution in [-0.4, -0.2) is 43.4 Å². The average Bonchev–Trinajstić information content (AvgIpc) is 2.16. The predicted molar refractivity (Wildman–Crippen MR) is 59.2 cm³/mol. The van der Waals surface area contributed by atoms with Gasteiger partial charge in [0.05, 0.1) is 0 Å². The smallest absolute Gasteiger partial charge is 0.276 e. The van der Waals surface area contributed by atoms with Gasteiger partial charge < -0.3 is 5.73 Å². The van der Waals surface area contributed by atoms with Crippen molar-refractivity contribution in [1.29, 1.82) is 0 Å². The molecule has 0 unspecified atom stereocenters. The minimum atomic E-state index is -3.51. The zero-order valence-corrected chi connectivity index (χ0v) is 9.90. The third-order valence-electron chi connectivity index (χ3n) is 2.80.